The van der Waals surface area contributed by atoms with E-state index in [9.17, 15) is 18.5 Å². The fourth-order valence-electron chi connectivity index (χ4n) is 2.23. The molecule has 144 valence electrons. The SMILES string of the molecule is COc1ccc(S(=O)(=O)Oc2ccc(Oc3ccccn3)cc2)cc1[N+](=O)[O-]. The highest BCUT2D eigenvalue weighted by molar-refractivity contribution is 7.87. The molecule has 3 aromatic rings. The molecule has 28 heavy (non-hydrogen) atoms. The zero-order chi connectivity index (χ0) is 20.1. The predicted molar refractivity (Wildman–Crippen MR) is 98.2 cm³/mol. The van der Waals surface area contributed by atoms with Gasteiger partial charge in [-0.05, 0) is 42.5 Å². The van der Waals surface area contributed by atoms with Gasteiger partial charge in [-0.2, -0.15) is 8.42 Å². The number of rotatable bonds is 7. The molecule has 0 bridgehead atoms. The molecule has 0 aliphatic rings. The molecule has 0 saturated carbocycles. The Morgan fingerprint density at radius 2 is 1.71 bits per heavy atom. The summed E-state index contributed by atoms with van der Waals surface area (Å²) in [5.74, 6) is 0.782. The molecule has 1 heterocycles. The van der Waals surface area contributed by atoms with Crippen LogP contribution in [0.15, 0.2) is 71.8 Å². The van der Waals surface area contributed by atoms with Gasteiger partial charge in [0.25, 0.3) is 0 Å². The molecular formula is C18H14N2O7S. The second-order valence-electron chi connectivity index (χ2n) is 5.37. The van der Waals surface area contributed by atoms with Crippen LogP contribution in [-0.4, -0.2) is 25.4 Å². The minimum Gasteiger partial charge on any atom is -0.490 e. The summed E-state index contributed by atoms with van der Waals surface area (Å²) >= 11 is 0. The van der Waals surface area contributed by atoms with Crippen molar-refractivity contribution in [1.29, 1.82) is 0 Å². The van der Waals surface area contributed by atoms with Crippen LogP contribution in [0.3, 0.4) is 0 Å². The Morgan fingerprint density at radius 3 is 2.32 bits per heavy atom. The monoisotopic (exact) mass is 402 g/mol. The molecule has 0 radical (unpaired) electrons. The normalized spacial score (nSPS) is 10.9. The number of aromatic nitrogens is 1. The molecule has 0 unspecified atom stereocenters. The van der Waals surface area contributed by atoms with Gasteiger partial charge in [-0.1, -0.05) is 6.07 Å². The van der Waals surface area contributed by atoms with E-state index in [2.05, 4.69) is 4.98 Å². The summed E-state index contributed by atoms with van der Waals surface area (Å²) in [6.07, 6.45) is 1.58. The first-order valence-electron chi connectivity index (χ1n) is 7.85. The molecule has 2 aromatic carbocycles. The van der Waals surface area contributed by atoms with Gasteiger partial charge in [0.1, 0.15) is 16.4 Å². The molecule has 9 nitrogen and oxygen atoms in total. The Labute approximate surface area is 160 Å². The van der Waals surface area contributed by atoms with Crippen molar-refractivity contribution < 1.29 is 27.0 Å². The van der Waals surface area contributed by atoms with Gasteiger partial charge in [0, 0.05) is 18.3 Å². The van der Waals surface area contributed by atoms with E-state index in [0.29, 0.717) is 11.6 Å². The number of nitro benzene ring substituents is 1. The van der Waals surface area contributed by atoms with Gasteiger partial charge in [-0.15, -0.1) is 0 Å². The van der Waals surface area contributed by atoms with Crippen LogP contribution in [0.4, 0.5) is 5.69 Å². The van der Waals surface area contributed by atoms with Gasteiger partial charge in [0.15, 0.2) is 5.75 Å². The minimum absolute atomic E-state index is 0.0202. The van der Waals surface area contributed by atoms with E-state index in [1.165, 1.54) is 43.5 Å². The van der Waals surface area contributed by atoms with E-state index in [1.54, 1.807) is 24.4 Å². The maximum absolute atomic E-state index is 12.4. The van der Waals surface area contributed by atoms with Crippen LogP contribution in [0, 0.1) is 10.1 Å². The number of ether oxygens (including phenoxy) is 2. The summed E-state index contributed by atoms with van der Waals surface area (Å²) < 4.78 is 40.3. The molecular weight excluding hydrogens is 388 g/mol. The van der Waals surface area contributed by atoms with Gasteiger partial charge >= 0.3 is 15.8 Å². The van der Waals surface area contributed by atoms with Crippen LogP contribution in [0.25, 0.3) is 0 Å². The molecule has 0 aliphatic carbocycles. The van der Waals surface area contributed by atoms with Crippen molar-refractivity contribution in [2.24, 2.45) is 0 Å². The zero-order valence-corrected chi connectivity index (χ0v) is 15.3. The quantitative estimate of drug-likeness (QED) is 0.334. The molecule has 10 heteroatoms. The van der Waals surface area contributed by atoms with Crippen LogP contribution >= 0.6 is 0 Å². The molecule has 0 atom stereocenters. The number of methoxy groups -OCH3 is 1. The molecule has 0 spiro atoms. The maximum atomic E-state index is 12.4. The third-order valence-electron chi connectivity index (χ3n) is 3.53. The Kier molecular flexibility index (Phi) is 5.41. The smallest absolute Gasteiger partial charge is 0.339 e. The van der Waals surface area contributed by atoms with Crippen molar-refractivity contribution in [2.75, 3.05) is 7.11 Å². The first-order chi connectivity index (χ1) is 13.4. The Morgan fingerprint density at radius 1 is 1.00 bits per heavy atom. The predicted octanol–water partition coefficient (Wildman–Crippen LogP) is 3.56. The maximum Gasteiger partial charge on any atom is 0.339 e. The lowest BCUT2D eigenvalue weighted by Gasteiger charge is -2.09. The summed E-state index contributed by atoms with van der Waals surface area (Å²) in [6, 6.07) is 14.2. The second kappa shape index (κ2) is 7.92. The van der Waals surface area contributed by atoms with E-state index in [1.807, 2.05) is 0 Å². The van der Waals surface area contributed by atoms with E-state index in [0.717, 1.165) is 6.07 Å². The largest absolute Gasteiger partial charge is 0.490 e. The fourth-order valence-corrected chi connectivity index (χ4v) is 3.19. The van der Waals surface area contributed by atoms with E-state index >= 15 is 0 Å². The molecule has 1 aromatic heterocycles. The van der Waals surface area contributed by atoms with Crippen LogP contribution in [0.2, 0.25) is 0 Å². The van der Waals surface area contributed by atoms with Crippen molar-refractivity contribution in [3.05, 3.63) is 77.0 Å². The lowest BCUT2D eigenvalue weighted by Crippen LogP contribution is -2.10. The van der Waals surface area contributed by atoms with Gasteiger partial charge in [-0.3, -0.25) is 10.1 Å². The van der Waals surface area contributed by atoms with Gasteiger partial charge in [0.2, 0.25) is 5.88 Å². The Bertz CT molecular complexity index is 1080. The van der Waals surface area contributed by atoms with Crippen LogP contribution < -0.4 is 13.7 Å². The summed E-state index contributed by atoms with van der Waals surface area (Å²) in [4.78, 5) is 14.0. The van der Waals surface area contributed by atoms with Crippen molar-refractivity contribution >= 4 is 15.8 Å². The number of hydrogen-bond donors (Lipinski definition) is 0. The number of nitrogens with zero attached hydrogens (tertiary/aromatic N) is 2. The lowest BCUT2D eigenvalue weighted by atomic mass is 10.3. The topological polar surface area (TPSA) is 118 Å². The minimum atomic E-state index is -4.28. The summed E-state index contributed by atoms with van der Waals surface area (Å²) in [5.41, 5.74) is -0.480. The van der Waals surface area contributed by atoms with Crippen LogP contribution in [-0.2, 0) is 10.1 Å². The third-order valence-corrected chi connectivity index (χ3v) is 4.77. The van der Waals surface area contributed by atoms with Crippen LogP contribution in [0.5, 0.6) is 23.1 Å². The number of nitro groups is 1. The van der Waals surface area contributed by atoms with Crippen LogP contribution in [0.1, 0.15) is 0 Å². The molecule has 0 saturated heterocycles. The Hall–Kier alpha value is -3.66. The lowest BCUT2D eigenvalue weighted by molar-refractivity contribution is -0.386. The highest BCUT2D eigenvalue weighted by Gasteiger charge is 2.23. The number of pyridine rings is 1. The number of hydrogen-bond acceptors (Lipinski definition) is 8. The van der Waals surface area contributed by atoms with Crippen molar-refractivity contribution in [3.8, 4) is 23.1 Å². The summed E-state index contributed by atoms with van der Waals surface area (Å²) in [7, 11) is -3.03. The molecule has 0 amide bonds. The standard InChI is InChI=1S/C18H14N2O7S/c1-25-17-10-9-15(12-16(17)20(21)22)28(23,24)27-14-7-5-13(6-8-14)26-18-4-2-3-11-19-18/h2-12H,1H3. The van der Waals surface area contributed by atoms with E-state index in [4.69, 9.17) is 13.7 Å². The first kappa shape index (κ1) is 19.1. The molecule has 3 rings (SSSR count). The second-order valence-corrected chi connectivity index (χ2v) is 6.92. The summed E-state index contributed by atoms with van der Waals surface area (Å²) in [6.45, 7) is 0. The van der Waals surface area contributed by atoms with Crippen molar-refractivity contribution in [1.82, 2.24) is 4.98 Å². The molecule has 0 fully saturated rings. The van der Waals surface area contributed by atoms with E-state index in [-0.39, 0.29) is 16.4 Å². The van der Waals surface area contributed by atoms with Crippen molar-refractivity contribution in [2.45, 2.75) is 4.90 Å². The fraction of sp³-hybridized carbons (Fsp3) is 0.0556. The highest BCUT2D eigenvalue weighted by atomic mass is 32.2. The number of benzene rings is 2. The summed E-state index contributed by atoms with van der Waals surface area (Å²) in [5, 5.41) is 11.1. The first-order valence-corrected chi connectivity index (χ1v) is 9.26. The zero-order valence-electron chi connectivity index (χ0n) is 14.5. The van der Waals surface area contributed by atoms with Crippen molar-refractivity contribution in [3.63, 3.8) is 0 Å². The molecule has 0 aliphatic heterocycles. The van der Waals surface area contributed by atoms with E-state index < -0.39 is 20.7 Å². The average Bonchev–Trinajstić information content (AvgIpc) is 2.69. The highest BCUT2D eigenvalue weighted by Crippen LogP contribution is 2.31. The van der Waals surface area contributed by atoms with Gasteiger partial charge < -0.3 is 13.7 Å². The molecule has 0 N–H and O–H groups in total. The van der Waals surface area contributed by atoms with Gasteiger partial charge in [0.05, 0.1) is 12.0 Å². The third kappa shape index (κ3) is 4.35. The average molecular weight is 402 g/mol. The Balaban J connectivity index is 1.79. The van der Waals surface area contributed by atoms with Gasteiger partial charge in [-0.25, -0.2) is 4.98 Å².